The van der Waals surface area contributed by atoms with Crippen LogP contribution in [0, 0.1) is 6.92 Å². The number of aryl methyl sites for hydroxylation is 1. The molecule has 0 atom stereocenters. The largest absolute Gasteiger partial charge is 0.464 e. The Balaban J connectivity index is 1.33. The first-order chi connectivity index (χ1) is 13.8. The minimum Gasteiger partial charge on any atom is -0.464 e. The summed E-state index contributed by atoms with van der Waals surface area (Å²) in [7, 11) is 0. The van der Waals surface area contributed by atoms with Crippen molar-refractivity contribution in [1.29, 1.82) is 0 Å². The minimum absolute atomic E-state index is 0.734. The number of fused-ring (bicyclic) bond motifs is 1. The highest BCUT2D eigenvalue weighted by atomic mass is 16.5. The van der Waals surface area contributed by atoms with Crippen molar-refractivity contribution < 1.29 is 9.15 Å². The van der Waals surface area contributed by atoms with Gasteiger partial charge in [-0.05, 0) is 19.1 Å². The molecule has 0 amide bonds. The number of hydrogen-bond acceptors (Lipinski definition) is 8. The molecule has 8 nitrogen and oxygen atoms in total. The van der Waals surface area contributed by atoms with E-state index in [2.05, 4.69) is 30.7 Å². The number of anilines is 3. The van der Waals surface area contributed by atoms with E-state index in [0.717, 1.165) is 86.7 Å². The highest BCUT2D eigenvalue weighted by molar-refractivity contribution is 5.88. The van der Waals surface area contributed by atoms with Crippen LogP contribution < -0.4 is 14.7 Å². The fourth-order valence-corrected chi connectivity index (χ4v) is 3.88. The Kier molecular flexibility index (Phi) is 4.48. The summed E-state index contributed by atoms with van der Waals surface area (Å²) >= 11 is 0. The highest BCUT2D eigenvalue weighted by Gasteiger charge is 2.23. The number of aromatic nitrogens is 3. The molecule has 0 aliphatic carbocycles. The number of nitrogens with zero attached hydrogens (tertiary/aromatic N) is 6. The molecule has 5 heterocycles. The second-order valence-corrected chi connectivity index (χ2v) is 7.21. The lowest BCUT2D eigenvalue weighted by atomic mass is 10.2. The van der Waals surface area contributed by atoms with Gasteiger partial charge in [0.2, 0.25) is 5.95 Å². The number of ether oxygens (including phenoxy) is 1. The summed E-state index contributed by atoms with van der Waals surface area (Å²) in [6.45, 7) is 8.78. The molecule has 2 fully saturated rings. The Labute approximate surface area is 163 Å². The molecule has 0 N–H and O–H groups in total. The van der Waals surface area contributed by atoms with E-state index in [1.165, 1.54) is 0 Å². The maximum Gasteiger partial charge on any atom is 0.227 e. The zero-order chi connectivity index (χ0) is 18.9. The van der Waals surface area contributed by atoms with Gasteiger partial charge in [-0.1, -0.05) is 0 Å². The molecule has 0 bridgehead atoms. The Hall–Kier alpha value is -2.87. The molecule has 0 spiro atoms. The van der Waals surface area contributed by atoms with Crippen molar-refractivity contribution >= 4 is 28.6 Å². The summed E-state index contributed by atoms with van der Waals surface area (Å²) in [5.41, 5.74) is 1.88. The summed E-state index contributed by atoms with van der Waals surface area (Å²) in [6, 6.07) is 5.98. The molecule has 0 unspecified atom stereocenters. The summed E-state index contributed by atoms with van der Waals surface area (Å²) in [4.78, 5) is 21.0. The first-order valence-electron chi connectivity index (χ1n) is 9.78. The Morgan fingerprint density at radius 2 is 1.68 bits per heavy atom. The molecule has 146 valence electrons. The van der Waals surface area contributed by atoms with Crippen LogP contribution in [0.2, 0.25) is 0 Å². The van der Waals surface area contributed by atoms with Gasteiger partial charge in [-0.2, -0.15) is 4.98 Å². The predicted octanol–water partition coefficient (Wildman–Crippen LogP) is 2.09. The third kappa shape index (κ3) is 3.24. The second-order valence-electron chi connectivity index (χ2n) is 7.21. The number of morpholine rings is 1. The minimum atomic E-state index is 0.734. The molecular weight excluding hydrogens is 356 g/mol. The van der Waals surface area contributed by atoms with Gasteiger partial charge in [-0.15, -0.1) is 0 Å². The Morgan fingerprint density at radius 3 is 2.50 bits per heavy atom. The van der Waals surface area contributed by atoms with Crippen molar-refractivity contribution in [3.05, 3.63) is 36.4 Å². The van der Waals surface area contributed by atoms with Crippen LogP contribution in [0.15, 0.2) is 35.1 Å². The third-order valence-corrected chi connectivity index (χ3v) is 5.38. The topological polar surface area (TPSA) is 70.8 Å². The van der Waals surface area contributed by atoms with Gasteiger partial charge in [0.25, 0.3) is 0 Å². The molecule has 2 aliphatic heterocycles. The van der Waals surface area contributed by atoms with Crippen LogP contribution in [0.3, 0.4) is 0 Å². The zero-order valence-corrected chi connectivity index (χ0v) is 16.0. The lowest BCUT2D eigenvalue weighted by molar-refractivity contribution is 0.122. The lowest BCUT2D eigenvalue weighted by Gasteiger charge is -2.36. The summed E-state index contributed by atoms with van der Waals surface area (Å²) in [6.07, 6.45) is 3.54. The quantitative estimate of drug-likeness (QED) is 0.684. The van der Waals surface area contributed by atoms with Crippen LogP contribution in [0.1, 0.15) is 5.69 Å². The second kappa shape index (κ2) is 7.27. The fraction of sp³-hybridized carbons (Fsp3) is 0.450. The average Bonchev–Trinajstić information content (AvgIpc) is 3.23. The monoisotopic (exact) mass is 380 g/mol. The summed E-state index contributed by atoms with van der Waals surface area (Å²) in [5, 5.41) is 1.07. The number of pyridine rings is 1. The Bertz CT molecular complexity index is 960. The van der Waals surface area contributed by atoms with E-state index in [9.17, 15) is 0 Å². The standard InChI is InChI=1S/C20H24N6O2/c1-15-14-18(23-20(22-15)26-9-12-27-13-10-26)24-5-7-25(8-6-24)19-16-3-11-28-17(16)2-4-21-19/h2-4,11,14H,5-10,12-13H2,1H3. The highest BCUT2D eigenvalue weighted by Crippen LogP contribution is 2.27. The predicted molar refractivity (Wildman–Crippen MR) is 108 cm³/mol. The number of furan rings is 1. The average molecular weight is 380 g/mol. The molecule has 0 aromatic carbocycles. The van der Waals surface area contributed by atoms with Crippen LogP contribution in [0.4, 0.5) is 17.6 Å². The lowest BCUT2D eigenvalue weighted by Crippen LogP contribution is -2.47. The molecule has 2 aliphatic rings. The summed E-state index contributed by atoms with van der Waals surface area (Å²) < 4.78 is 11.0. The first kappa shape index (κ1) is 17.2. The van der Waals surface area contributed by atoms with Gasteiger partial charge in [0.05, 0.1) is 24.9 Å². The fourth-order valence-electron chi connectivity index (χ4n) is 3.88. The smallest absolute Gasteiger partial charge is 0.227 e. The van der Waals surface area contributed by atoms with Crippen LogP contribution in [0.25, 0.3) is 11.0 Å². The van der Waals surface area contributed by atoms with E-state index in [4.69, 9.17) is 14.1 Å². The van der Waals surface area contributed by atoms with Crippen LogP contribution in [-0.4, -0.2) is 67.4 Å². The molecule has 3 aromatic rings. The van der Waals surface area contributed by atoms with Gasteiger partial charge in [-0.3, -0.25) is 0 Å². The number of hydrogen-bond donors (Lipinski definition) is 0. The van der Waals surface area contributed by atoms with E-state index >= 15 is 0 Å². The molecule has 0 saturated carbocycles. The van der Waals surface area contributed by atoms with E-state index < -0.39 is 0 Å². The molecule has 8 heteroatoms. The van der Waals surface area contributed by atoms with E-state index in [-0.39, 0.29) is 0 Å². The molecule has 5 rings (SSSR count). The molecule has 0 radical (unpaired) electrons. The SMILES string of the molecule is Cc1cc(N2CCN(c3nccc4occc34)CC2)nc(N2CCOCC2)n1. The van der Waals surface area contributed by atoms with Gasteiger partial charge < -0.3 is 23.9 Å². The first-order valence-corrected chi connectivity index (χ1v) is 9.78. The van der Waals surface area contributed by atoms with Crippen molar-refractivity contribution in [3.63, 3.8) is 0 Å². The normalized spacial score (nSPS) is 18.1. The van der Waals surface area contributed by atoms with E-state index in [0.29, 0.717) is 0 Å². The van der Waals surface area contributed by atoms with Gasteiger partial charge in [0, 0.05) is 57.2 Å². The maximum atomic E-state index is 5.52. The molecule has 3 aromatic heterocycles. The van der Waals surface area contributed by atoms with E-state index in [1.54, 1.807) is 6.26 Å². The van der Waals surface area contributed by atoms with E-state index in [1.807, 2.05) is 25.3 Å². The molecule has 2 saturated heterocycles. The van der Waals surface area contributed by atoms with Crippen molar-refractivity contribution in [3.8, 4) is 0 Å². The van der Waals surface area contributed by atoms with Crippen molar-refractivity contribution in [2.45, 2.75) is 6.92 Å². The van der Waals surface area contributed by atoms with Crippen LogP contribution in [-0.2, 0) is 4.74 Å². The Morgan fingerprint density at radius 1 is 0.893 bits per heavy atom. The van der Waals surface area contributed by atoms with Crippen molar-refractivity contribution in [2.75, 3.05) is 67.2 Å². The zero-order valence-electron chi connectivity index (χ0n) is 16.0. The van der Waals surface area contributed by atoms with Gasteiger partial charge in [-0.25, -0.2) is 9.97 Å². The van der Waals surface area contributed by atoms with Crippen molar-refractivity contribution in [1.82, 2.24) is 15.0 Å². The maximum absolute atomic E-state index is 5.52. The van der Waals surface area contributed by atoms with Gasteiger partial charge in [0.15, 0.2) is 0 Å². The van der Waals surface area contributed by atoms with Crippen LogP contribution >= 0.6 is 0 Å². The van der Waals surface area contributed by atoms with Gasteiger partial charge >= 0.3 is 0 Å². The van der Waals surface area contributed by atoms with Crippen LogP contribution in [0.5, 0.6) is 0 Å². The third-order valence-electron chi connectivity index (χ3n) is 5.38. The molecular formula is C20H24N6O2. The van der Waals surface area contributed by atoms with Crippen molar-refractivity contribution in [2.24, 2.45) is 0 Å². The van der Waals surface area contributed by atoms with Gasteiger partial charge in [0.1, 0.15) is 17.2 Å². The molecule has 28 heavy (non-hydrogen) atoms. The number of piperazine rings is 1. The summed E-state index contributed by atoms with van der Waals surface area (Å²) in [5.74, 6) is 2.81. The number of rotatable bonds is 3.